The molecule has 2 rings (SSSR count). The van der Waals surface area contributed by atoms with Crippen molar-refractivity contribution in [1.82, 2.24) is 14.9 Å². The molecule has 0 bridgehead atoms. The van der Waals surface area contributed by atoms with E-state index in [1.54, 1.807) is 42.7 Å². The third kappa shape index (κ3) is 2.78. The molecule has 0 aromatic carbocycles. The molecule has 4 nitrogen and oxygen atoms in total. The zero-order chi connectivity index (χ0) is 13.8. The van der Waals surface area contributed by atoms with Crippen molar-refractivity contribution in [3.63, 3.8) is 0 Å². The molecule has 1 atom stereocenters. The van der Waals surface area contributed by atoms with E-state index in [0.717, 1.165) is 11.3 Å². The van der Waals surface area contributed by atoms with Crippen LogP contribution in [0.4, 0.5) is 0 Å². The second-order valence-corrected chi connectivity index (χ2v) is 4.51. The van der Waals surface area contributed by atoms with Crippen molar-refractivity contribution < 1.29 is 4.79 Å². The van der Waals surface area contributed by atoms with Gasteiger partial charge in [-0.05, 0) is 37.6 Å². The molecule has 0 saturated carbocycles. The third-order valence-electron chi connectivity index (χ3n) is 3.31. The molecular weight excluding hydrogens is 238 g/mol. The minimum absolute atomic E-state index is 0.0260. The zero-order valence-corrected chi connectivity index (χ0v) is 11.4. The fraction of sp³-hybridized carbons (Fsp3) is 0.267. The molecule has 0 aliphatic heterocycles. The summed E-state index contributed by atoms with van der Waals surface area (Å²) in [5, 5.41) is 0. The van der Waals surface area contributed by atoms with Gasteiger partial charge in [-0.3, -0.25) is 14.8 Å². The van der Waals surface area contributed by atoms with E-state index in [9.17, 15) is 4.79 Å². The van der Waals surface area contributed by atoms with Crippen LogP contribution in [-0.2, 0) is 0 Å². The summed E-state index contributed by atoms with van der Waals surface area (Å²) < 4.78 is 0. The van der Waals surface area contributed by atoms with Crippen molar-refractivity contribution in [3.8, 4) is 0 Å². The molecule has 0 spiro atoms. The molecule has 19 heavy (non-hydrogen) atoms. The highest BCUT2D eigenvalue weighted by molar-refractivity contribution is 5.95. The van der Waals surface area contributed by atoms with E-state index in [4.69, 9.17) is 0 Å². The van der Waals surface area contributed by atoms with Crippen molar-refractivity contribution in [2.45, 2.75) is 19.9 Å². The van der Waals surface area contributed by atoms with Crippen LogP contribution in [0, 0.1) is 6.92 Å². The lowest BCUT2D eigenvalue weighted by Crippen LogP contribution is -2.30. The van der Waals surface area contributed by atoms with Crippen LogP contribution in [0.15, 0.2) is 42.9 Å². The molecule has 0 fully saturated rings. The summed E-state index contributed by atoms with van der Waals surface area (Å²) in [4.78, 5) is 22.4. The molecule has 0 aliphatic rings. The van der Waals surface area contributed by atoms with Gasteiger partial charge in [0.1, 0.15) is 0 Å². The van der Waals surface area contributed by atoms with Crippen molar-refractivity contribution in [3.05, 3.63) is 59.7 Å². The first kappa shape index (κ1) is 13.2. The predicted octanol–water partition coefficient (Wildman–Crippen LogP) is 2.62. The number of aromatic nitrogens is 2. The van der Waals surface area contributed by atoms with E-state index in [-0.39, 0.29) is 11.9 Å². The Hall–Kier alpha value is -2.23. The Kier molecular flexibility index (Phi) is 3.90. The maximum absolute atomic E-state index is 12.4. The highest BCUT2D eigenvalue weighted by Crippen LogP contribution is 2.20. The summed E-state index contributed by atoms with van der Waals surface area (Å²) in [6, 6.07) is 7.40. The van der Waals surface area contributed by atoms with Gasteiger partial charge in [0.15, 0.2) is 0 Å². The smallest absolute Gasteiger partial charge is 0.255 e. The van der Waals surface area contributed by atoms with Crippen molar-refractivity contribution in [2.24, 2.45) is 0 Å². The van der Waals surface area contributed by atoms with Gasteiger partial charge in [-0.25, -0.2) is 0 Å². The number of carbonyl (C=O) groups is 1. The summed E-state index contributed by atoms with van der Waals surface area (Å²) in [6.45, 7) is 3.83. The first-order valence-corrected chi connectivity index (χ1v) is 6.20. The Morgan fingerprint density at radius 1 is 1.26 bits per heavy atom. The lowest BCUT2D eigenvalue weighted by atomic mass is 10.1. The standard InChI is InChI=1S/C15H17N3O/c1-11-14(7-5-9-17-11)15(19)18(3)12(2)13-6-4-8-16-10-13/h4-10,12H,1-3H3. The summed E-state index contributed by atoms with van der Waals surface area (Å²) >= 11 is 0. The van der Waals surface area contributed by atoms with Gasteiger partial charge >= 0.3 is 0 Å². The van der Waals surface area contributed by atoms with E-state index in [1.807, 2.05) is 26.0 Å². The van der Waals surface area contributed by atoms with Crippen LogP contribution in [-0.4, -0.2) is 27.8 Å². The number of aryl methyl sites for hydroxylation is 1. The molecule has 98 valence electrons. The number of hydrogen-bond acceptors (Lipinski definition) is 3. The number of carbonyl (C=O) groups excluding carboxylic acids is 1. The second kappa shape index (κ2) is 5.61. The van der Waals surface area contributed by atoms with Crippen molar-refractivity contribution in [2.75, 3.05) is 7.05 Å². The molecule has 4 heteroatoms. The average Bonchev–Trinajstić information content (AvgIpc) is 2.46. The zero-order valence-electron chi connectivity index (χ0n) is 11.4. The van der Waals surface area contributed by atoms with Crippen LogP contribution in [0.25, 0.3) is 0 Å². The number of amides is 1. The SMILES string of the molecule is Cc1ncccc1C(=O)N(C)C(C)c1cccnc1. The van der Waals surface area contributed by atoms with Gasteiger partial charge in [0.2, 0.25) is 0 Å². The molecule has 0 radical (unpaired) electrons. The first-order valence-electron chi connectivity index (χ1n) is 6.20. The van der Waals surface area contributed by atoms with E-state index >= 15 is 0 Å². The minimum Gasteiger partial charge on any atom is -0.335 e. The van der Waals surface area contributed by atoms with Gasteiger partial charge in [-0.1, -0.05) is 6.07 Å². The van der Waals surface area contributed by atoms with Gasteiger partial charge in [-0.2, -0.15) is 0 Å². The lowest BCUT2D eigenvalue weighted by molar-refractivity contribution is 0.0741. The largest absolute Gasteiger partial charge is 0.335 e. The second-order valence-electron chi connectivity index (χ2n) is 4.51. The predicted molar refractivity (Wildman–Crippen MR) is 73.7 cm³/mol. The Morgan fingerprint density at radius 2 is 2.00 bits per heavy atom. The number of hydrogen-bond donors (Lipinski definition) is 0. The van der Waals surface area contributed by atoms with E-state index in [2.05, 4.69) is 9.97 Å². The minimum atomic E-state index is -0.0270. The molecular formula is C15H17N3O. The lowest BCUT2D eigenvalue weighted by Gasteiger charge is -2.25. The van der Waals surface area contributed by atoms with Crippen LogP contribution in [0.1, 0.15) is 34.6 Å². The van der Waals surface area contributed by atoms with Gasteiger partial charge in [-0.15, -0.1) is 0 Å². The number of nitrogens with zero attached hydrogens (tertiary/aromatic N) is 3. The Balaban J connectivity index is 2.23. The topological polar surface area (TPSA) is 46.1 Å². The number of rotatable bonds is 3. The van der Waals surface area contributed by atoms with E-state index in [0.29, 0.717) is 5.56 Å². The molecule has 2 aromatic rings. The van der Waals surface area contributed by atoms with E-state index in [1.165, 1.54) is 0 Å². The molecule has 1 unspecified atom stereocenters. The average molecular weight is 255 g/mol. The quantitative estimate of drug-likeness (QED) is 0.847. The molecule has 0 N–H and O–H groups in total. The fourth-order valence-corrected chi connectivity index (χ4v) is 1.92. The maximum atomic E-state index is 12.4. The normalized spacial score (nSPS) is 11.9. The first-order chi connectivity index (χ1) is 9.11. The van der Waals surface area contributed by atoms with Crippen LogP contribution < -0.4 is 0 Å². The highest BCUT2D eigenvalue weighted by atomic mass is 16.2. The van der Waals surface area contributed by atoms with Crippen molar-refractivity contribution >= 4 is 5.91 Å². The maximum Gasteiger partial charge on any atom is 0.255 e. The summed E-state index contributed by atoms with van der Waals surface area (Å²) in [5.41, 5.74) is 2.40. The van der Waals surface area contributed by atoms with E-state index < -0.39 is 0 Å². The van der Waals surface area contributed by atoms with Gasteiger partial charge < -0.3 is 4.90 Å². The van der Waals surface area contributed by atoms with Crippen LogP contribution in [0.5, 0.6) is 0 Å². The third-order valence-corrected chi connectivity index (χ3v) is 3.31. The molecule has 0 saturated heterocycles. The summed E-state index contributed by atoms with van der Waals surface area (Å²) in [5.74, 6) is -0.0260. The monoisotopic (exact) mass is 255 g/mol. The van der Waals surface area contributed by atoms with Gasteiger partial charge in [0, 0.05) is 31.3 Å². The van der Waals surface area contributed by atoms with Crippen molar-refractivity contribution in [1.29, 1.82) is 0 Å². The van der Waals surface area contributed by atoms with Crippen LogP contribution in [0.3, 0.4) is 0 Å². The van der Waals surface area contributed by atoms with Crippen LogP contribution in [0.2, 0.25) is 0 Å². The molecule has 2 aromatic heterocycles. The Morgan fingerprint density at radius 3 is 2.63 bits per heavy atom. The highest BCUT2D eigenvalue weighted by Gasteiger charge is 2.20. The van der Waals surface area contributed by atoms with Gasteiger partial charge in [0.25, 0.3) is 5.91 Å². The van der Waals surface area contributed by atoms with Crippen LogP contribution >= 0.6 is 0 Å². The molecule has 2 heterocycles. The van der Waals surface area contributed by atoms with Gasteiger partial charge in [0.05, 0.1) is 11.6 Å². The summed E-state index contributed by atoms with van der Waals surface area (Å²) in [6.07, 6.45) is 5.20. The number of pyridine rings is 2. The molecule has 1 amide bonds. The Labute approximate surface area is 113 Å². The summed E-state index contributed by atoms with van der Waals surface area (Å²) in [7, 11) is 1.80. The Bertz CT molecular complexity index is 569. The molecule has 0 aliphatic carbocycles. The fourth-order valence-electron chi connectivity index (χ4n) is 1.92.